The van der Waals surface area contributed by atoms with E-state index in [1.165, 1.54) is 5.56 Å². The van der Waals surface area contributed by atoms with E-state index in [0.29, 0.717) is 45.0 Å². The van der Waals surface area contributed by atoms with Gasteiger partial charge in [0.2, 0.25) is 0 Å². The van der Waals surface area contributed by atoms with Crippen molar-refractivity contribution in [3.63, 3.8) is 0 Å². The Balaban J connectivity index is 0.00000197. The van der Waals surface area contributed by atoms with Gasteiger partial charge in [-0.3, -0.25) is 4.79 Å². The number of fused-ring (bicyclic) bond motifs is 2. The van der Waals surface area contributed by atoms with Gasteiger partial charge in [0, 0.05) is 27.6 Å². The average molecular weight is 635 g/mol. The first kappa shape index (κ1) is 32.6. The summed E-state index contributed by atoms with van der Waals surface area (Å²) in [5, 5.41) is 21.1. The van der Waals surface area contributed by atoms with Crippen LogP contribution >= 0.6 is 0 Å². The molecule has 0 radical (unpaired) electrons. The van der Waals surface area contributed by atoms with E-state index in [1.807, 2.05) is 86.6 Å². The van der Waals surface area contributed by atoms with Crippen molar-refractivity contribution in [1.29, 1.82) is 0 Å². The molecule has 0 saturated heterocycles. The molecule has 5 nitrogen and oxygen atoms in total. The molecule has 7 rings (SSSR count). The van der Waals surface area contributed by atoms with Crippen molar-refractivity contribution >= 4 is 16.7 Å². The summed E-state index contributed by atoms with van der Waals surface area (Å²) in [6.45, 7) is 15.4. The molecule has 1 heterocycles. The van der Waals surface area contributed by atoms with Crippen LogP contribution in [0.3, 0.4) is 0 Å². The molecule has 1 aliphatic carbocycles. The van der Waals surface area contributed by atoms with Crippen LogP contribution in [-0.4, -0.2) is 21.1 Å². The Labute approximate surface area is 283 Å². The van der Waals surface area contributed by atoms with Crippen LogP contribution in [0, 0.1) is 5.41 Å². The third-order valence-electron chi connectivity index (χ3n) is 8.76. The Bertz CT molecular complexity index is 2130. The van der Waals surface area contributed by atoms with Gasteiger partial charge in [0.15, 0.2) is 5.78 Å². The van der Waals surface area contributed by atoms with Crippen molar-refractivity contribution in [3.8, 4) is 50.8 Å². The Kier molecular flexibility index (Phi) is 8.65. The summed E-state index contributed by atoms with van der Waals surface area (Å²) in [5.74, 6) is 1.05. The molecule has 1 aliphatic rings. The molecular weight excluding hydrogens is 592 g/mol. The van der Waals surface area contributed by atoms with Crippen LogP contribution < -0.4 is 4.74 Å². The maximum absolute atomic E-state index is 14.4. The average Bonchev–Trinajstić information content (AvgIpc) is 3.07. The van der Waals surface area contributed by atoms with Gasteiger partial charge in [-0.15, -0.1) is 10.2 Å². The van der Waals surface area contributed by atoms with Crippen LogP contribution in [0.25, 0.3) is 44.4 Å². The second-order valence-corrected chi connectivity index (χ2v) is 13.9. The number of aromatic hydroxyl groups is 1. The SMILES string of the molecule is CC.CC(C)(C)CC(C)(C)c1ccc(-c2ccc3c4c(c(-c5ccccc5O)nnc24)-c2cccc(Oc4ccccc4)c2C3=O)cc1. The highest BCUT2D eigenvalue weighted by molar-refractivity contribution is 6.29. The van der Waals surface area contributed by atoms with E-state index < -0.39 is 0 Å². The highest BCUT2D eigenvalue weighted by Crippen LogP contribution is 2.49. The van der Waals surface area contributed by atoms with Gasteiger partial charge in [0.05, 0.1) is 5.56 Å². The van der Waals surface area contributed by atoms with Crippen LogP contribution in [-0.2, 0) is 5.41 Å². The fourth-order valence-electron chi connectivity index (χ4n) is 7.10. The number of ketones is 1. The van der Waals surface area contributed by atoms with Crippen LogP contribution in [0.1, 0.15) is 76.4 Å². The van der Waals surface area contributed by atoms with Crippen molar-refractivity contribution in [1.82, 2.24) is 10.2 Å². The summed E-state index contributed by atoms with van der Waals surface area (Å²) in [6.07, 6.45) is 1.05. The fourth-order valence-corrected chi connectivity index (χ4v) is 7.10. The fraction of sp³-hybridized carbons (Fsp3) is 0.233. The minimum atomic E-state index is -0.138. The number of aromatic nitrogens is 2. The van der Waals surface area contributed by atoms with Gasteiger partial charge >= 0.3 is 0 Å². The number of phenolic OH excluding ortho intramolecular Hbond substituents is 1. The Morgan fingerprint density at radius 2 is 1.29 bits per heavy atom. The van der Waals surface area contributed by atoms with E-state index in [0.717, 1.165) is 28.5 Å². The lowest BCUT2D eigenvalue weighted by Gasteiger charge is -2.33. The molecule has 0 amide bonds. The highest BCUT2D eigenvalue weighted by Gasteiger charge is 2.33. The summed E-state index contributed by atoms with van der Waals surface area (Å²) in [4.78, 5) is 14.4. The molecule has 0 spiro atoms. The first-order valence-electron chi connectivity index (χ1n) is 16.7. The van der Waals surface area contributed by atoms with Gasteiger partial charge in [0.1, 0.15) is 28.5 Å². The van der Waals surface area contributed by atoms with Gasteiger partial charge in [0.25, 0.3) is 0 Å². The number of ether oxygens (including phenoxy) is 1. The zero-order chi connectivity index (χ0) is 34.2. The first-order chi connectivity index (χ1) is 23.0. The van der Waals surface area contributed by atoms with Gasteiger partial charge < -0.3 is 9.84 Å². The van der Waals surface area contributed by atoms with Gasteiger partial charge in [-0.05, 0) is 70.3 Å². The largest absolute Gasteiger partial charge is 0.507 e. The highest BCUT2D eigenvalue weighted by atomic mass is 16.5. The number of carbonyl (C=O) groups is 1. The number of carbonyl (C=O) groups excluding carboxylic acids is 1. The zero-order valence-electron chi connectivity index (χ0n) is 28.8. The molecule has 0 saturated carbocycles. The number of hydrogen-bond donors (Lipinski definition) is 1. The van der Waals surface area contributed by atoms with Crippen molar-refractivity contribution in [2.24, 2.45) is 5.41 Å². The monoisotopic (exact) mass is 634 g/mol. The molecule has 48 heavy (non-hydrogen) atoms. The Morgan fingerprint density at radius 3 is 1.98 bits per heavy atom. The lowest BCUT2D eigenvalue weighted by molar-refractivity contribution is 0.103. The van der Waals surface area contributed by atoms with Crippen LogP contribution in [0.15, 0.2) is 109 Å². The van der Waals surface area contributed by atoms with Crippen molar-refractivity contribution in [2.75, 3.05) is 0 Å². The number of rotatable bonds is 6. The third-order valence-corrected chi connectivity index (χ3v) is 8.76. The molecule has 5 aromatic carbocycles. The predicted molar refractivity (Wildman–Crippen MR) is 196 cm³/mol. The summed E-state index contributed by atoms with van der Waals surface area (Å²) in [5.41, 5.74) is 7.51. The number of phenols is 1. The van der Waals surface area contributed by atoms with Crippen LogP contribution in [0.2, 0.25) is 0 Å². The molecule has 1 aromatic heterocycles. The first-order valence-corrected chi connectivity index (χ1v) is 16.7. The molecule has 6 aromatic rings. The molecule has 5 heteroatoms. The lowest BCUT2D eigenvalue weighted by Crippen LogP contribution is -2.24. The van der Waals surface area contributed by atoms with E-state index >= 15 is 0 Å². The maximum atomic E-state index is 14.4. The number of nitrogens with zero attached hydrogens (tertiary/aromatic N) is 2. The van der Waals surface area contributed by atoms with Crippen molar-refractivity contribution in [3.05, 3.63) is 126 Å². The second kappa shape index (κ2) is 12.7. The molecule has 242 valence electrons. The van der Waals surface area contributed by atoms with E-state index in [9.17, 15) is 9.90 Å². The quantitative estimate of drug-likeness (QED) is 0.197. The molecule has 0 fully saturated rings. The normalized spacial score (nSPS) is 12.3. The van der Waals surface area contributed by atoms with Crippen LogP contribution in [0.4, 0.5) is 0 Å². The lowest BCUT2D eigenvalue weighted by atomic mass is 9.72. The zero-order valence-corrected chi connectivity index (χ0v) is 28.8. The van der Waals surface area contributed by atoms with Gasteiger partial charge in [-0.25, -0.2) is 0 Å². The molecular formula is C43H42N2O3. The van der Waals surface area contributed by atoms with E-state index in [1.54, 1.807) is 12.1 Å². The summed E-state index contributed by atoms with van der Waals surface area (Å²) < 4.78 is 6.28. The number of para-hydroxylation sites is 2. The number of benzene rings is 5. The molecule has 0 aliphatic heterocycles. The van der Waals surface area contributed by atoms with Crippen molar-refractivity contribution < 1.29 is 14.6 Å². The van der Waals surface area contributed by atoms with Crippen molar-refractivity contribution in [2.45, 2.75) is 60.3 Å². The standard InChI is InChI=1S/C41H36N2O3.C2H6/c1-40(2,3)24-41(4,5)26-20-18-25(19-21-26)28-22-23-31-36-35(38(43-42-37(28)36)29-14-9-10-16-32(29)44)30-15-11-17-33(34(30)39(31)45)46-27-12-7-6-8-13-27;1-2/h6-23,44H,24H2,1-5H3;1-2H3. The minimum absolute atomic E-state index is 0.0127. The Morgan fingerprint density at radius 1 is 0.646 bits per heavy atom. The van der Waals surface area contributed by atoms with E-state index in [2.05, 4.69) is 58.9 Å². The smallest absolute Gasteiger partial charge is 0.198 e. The van der Waals surface area contributed by atoms with Crippen LogP contribution in [0.5, 0.6) is 17.2 Å². The predicted octanol–water partition coefficient (Wildman–Crippen LogP) is 11.4. The maximum Gasteiger partial charge on any atom is 0.198 e. The molecule has 1 N–H and O–H groups in total. The van der Waals surface area contributed by atoms with Gasteiger partial charge in [-0.2, -0.15) is 0 Å². The summed E-state index contributed by atoms with van der Waals surface area (Å²) in [7, 11) is 0. The summed E-state index contributed by atoms with van der Waals surface area (Å²) in [6, 6.07) is 34.7. The molecule has 0 unspecified atom stereocenters. The number of hydrogen-bond acceptors (Lipinski definition) is 5. The molecule has 0 atom stereocenters. The van der Waals surface area contributed by atoms with E-state index in [-0.39, 0.29) is 22.4 Å². The molecule has 0 bridgehead atoms. The second-order valence-electron chi connectivity index (χ2n) is 13.9. The van der Waals surface area contributed by atoms with Gasteiger partial charge in [-0.1, -0.05) is 121 Å². The topological polar surface area (TPSA) is 72.3 Å². The minimum Gasteiger partial charge on any atom is -0.507 e. The Hall–Kier alpha value is -5.29. The summed E-state index contributed by atoms with van der Waals surface area (Å²) >= 11 is 0. The van der Waals surface area contributed by atoms with E-state index in [4.69, 9.17) is 14.9 Å². The third kappa shape index (κ3) is 5.97.